The normalized spacial score (nSPS) is 29.4. The summed E-state index contributed by atoms with van der Waals surface area (Å²) in [6.45, 7) is 6.04. The molecule has 3 aliphatic rings. The molecule has 4 nitrogen and oxygen atoms in total. The number of hydrogen-bond donors (Lipinski definition) is 0. The first-order chi connectivity index (χ1) is 11.2. The largest absolute Gasteiger partial charge is 0.291 e. The van der Waals surface area contributed by atoms with Crippen LogP contribution in [0.15, 0.2) is 36.4 Å². The lowest BCUT2D eigenvalue weighted by molar-refractivity contribution is -0.141. The number of hydrogen-bond acceptors (Lipinski definition) is 4. The molecule has 2 fully saturated rings. The minimum Gasteiger partial charge on any atom is -0.291 e. The molecule has 0 radical (unpaired) electrons. The van der Waals surface area contributed by atoms with Crippen molar-refractivity contribution in [3.8, 4) is 0 Å². The molecule has 0 N–H and O–H groups in total. The highest BCUT2D eigenvalue weighted by molar-refractivity contribution is 6.43. The van der Waals surface area contributed by atoms with E-state index < -0.39 is 0 Å². The molecule has 1 aromatic carbocycles. The van der Waals surface area contributed by atoms with Crippen molar-refractivity contribution in [3.63, 3.8) is 0 Å². The molecule has 3 aliphatic carbocycles. The van der Waals surface area contributed by atoms with Crippen LogP contribution in [0, 0.1) is 16.7 Å². The summed E-state index contributed by atoms with van der Waals surface area (Å²) in [5.41, 5.74) is 0.561. The van der Waals surface area contributed by atoms with Gasteiger partial charge in [-0.1, -0.05) is 45.0 Å². The quantitative estimate of drug-likeness (QED) is 0.687. The van der Waals surface area contributed by atoms with Crippen LogP contribution in [-0.2, 0) is 9.59 Å². The minimum absolute atomic E-state index is 0.00926. The minimum atomic E-state index is -0.352. The zero-order chi connectivity index (χ0) is 17.7. The summed E-state index contributed by atoms with van der Waals surface area (Å²) in [4.78, 5) is 45.4. The molecule has 0 aromatic heterocycles. The molecule has 4 rings (SSSR count). The van der Waals surface area contributed by atoms with Gasteiger partial charge in [-0.25, -0.2) is 0 Å². The number of fused-ring (bicyclic) bond motifs is 3. The Balaban J connectivity index is 0.000000141. The maximum atomic E-state index is 11.6. The number of Topliss-reactive ketones (excluding diaryl/α,β-unsaturated/α-hetero) is 2. The number of rotatable bonds is 0. The Morgan fingerprint density at radius 2 is 1.38 bits per heavy atom. The Morgan fingerprint density at radius 1 is 0.875 bits per heavy atom. The van der Waals surface area contributed by atoms with E-state index in [4.69, 9.17) is 0 Å². The number of allylic oxidation sites excluding steroid dienone is 2. The fourth-order valence-electron chi connectivity index (χ4n) is 4.04. The van der Waals surface area contributed by atoms with Gasteiger partial charge in [0.25, 0.3) is 0 Å². The second kappa shape index (κ2) is 5.33. The van der Waals surface area contributed by atoms with Gasteiger partial charge in [-0.3, -0.25) is 19.2 Å². The summed E-state index contributed by atoms with van der Waals surface area (Å²) in [6.07, 6.45) is 4.43. The number of carbonyl (C=O) groups excluding carboxylic acids is 4. The summed E-state index contributed by atoms with van der Waals surface area (Å²) in [5, 5.41) is 0. The number of ketones is 4. The molecule has 0 spiro atoms. The molecule has 0 heterocycles. The average molecular weight is 324 g/mol. The molecule has 2 saturated carbocycles. The first-order valence-corrected chi connectivity index (χ1v) is 8.14. The van der Waals surface area contributed by atoms with E-state index in [-0.39, 0.29) is 39.9 Å². The van der Waals surface area contributed by atoms with Crippen LogP contribution in [0.2, 0.25) is 0 Å². The number of benzene rings is 1. The smallest absolute Gasteiger partial charge is 0.205 e. The van der Waals surface area contributed by atoms with E-state index in [0.29, 0.717) is 11.1 Å². The molecule has 2 unspecified atom stereocenters. The van der Waals surface area contributed by atoms with Crippen LogP contribution >= 0.6 is 0 Å². The molecule has 1 aromatic rings. The lowest BCUT2D eigenvalue weighted by atomic mass is 9.70. The molecule has 4 heteroatoms. The zero-order valence-corrected chi connectivity index (χ0v) is 14.1. The lowest BCUT2D eigenvalue weighted by Gasteiger charge is -2.31. The van der Waals surface area contributed by atoms with Crippen molar-refractivity contribution >= 4 is 23.1 Å². The molecular formula is C20H20O4. The summed E-state index contributed by atoms with van der Waals surface area (Å²) in [7, 11) is 0. The topological polar surface area (TPSA) is 68.3 Å². The molecule has 24 heavy (non-hydrogen) atoms. The van der Waals surface area contributed by atoms with Crippen LogP contribution in [0.1, 0.15) is 54.3 Å². The van der Waals surface area contributed by atoms with Crippen LogP contribution < -0.4 is 0 Å². The highest BCUT2D eigenvalue weighted by Gasteiger charge is 2.66. The number of carbonyl (C=O) groups is 4. The fourth-order valence-corrected chi connectivity index (χ4v) is 4.04. The summed E-state index contributed by atoms with van der Waals surface area (Å²) in [6, 6.07) is 6.84. The first-order valence-electron chi connectivity index (χ1n) is 8.14. The van der Waals surface area contributed by atoms with Crippen LogP contribution in [0.25, 0.3) is 0 Å². The Kier molecular flexibility index (Phi) is 3.67. The molecular weight excluding hydrogens is 304 g/mol. The Morgan fingerprint density at radius 3 is 1.71 bits per heavy atom. The van der Waals surface area contributed by atoms with Gasteiger partial charge in [0, 0.05) is 22.5 Å². The molecule has 124 valence electrons. The predicted octanol–water partition coefficient (Wildman–Crippen LogP) is 3.20. The van der Waals surface area contributed by atoms with Crippen molar-refractivity contribution in [2.45, 2.75) is 33.6 Å². The van der Waals surface area contributed by atoms with E-state index in [9.17, 15) is 19.2 Å². The molecule has 0 aliphatic heterocycles. The lowest BCUT2D eigenvalue weighted by Crippen LogP contribution is -2.33. The summed E-state index contributed by atoms with van der Waals surface area (Å²) in [5.74, 6) is -0.414. The zero-order valence-electron chi connectivity index (χ0n) is 14.1. The predicted molar refractivity (Wildman–Crippen MR) is 88.9 cm³/mol. The van der Waals surface area contributed by atoms with E-state index in [1.54, 1.807) is 24.3 Å². The highest BCUT2D eigenvalue weighted by Crippen LogP contribution is 2.61. The standard InChI is InChI=1S/C10H14O2.C10H6O2/c1-9(2)6-4-5-10(9,3)8(12)7(6)11;11-9-5-6-10(12)8-4-2-1-3-7(8)9/h6H,4-5H2,1-3H3;1-6H. The van der Waals surface area contributed by atoms with Crippen LogP contribution in [-0.4, -0.2) is 23.1 Å². The third-order valence-corrected chi connectivity index (χ3v) is 6.11. The van der Waals surface area contributed by atoms with Gasteiger partial charge in [-0.05, 0) is 30.4 Å². The Labute approximate surface area is 140 Å². The van der Waals surface area contributed by atoms with Crippen LogP contribution in [0.4, 0.5) is 0 Å². The van der Waals surface area contributed by atoms with E-state index >= 15 is 0 Å². The SMILES string of the molecule is CC12CCC(C(=O)C1=O)C2(C)C.O=C1C=CC(=O)c2ccccc21. The van der Waals surface area contributed by atoms with Gasteiger partial charge in [-0.2, -0.15) is 0 Å². The second-order valence-corrected chi connectivity index (χ2v) is 7.45. The van der Waals surface area contributed by atoms with E-state index in [1.807, 2.05) is 20.8 Å². The van der Waals surface area contributed by atoms with E-state index in [1.165, 1.54) is 12.2 Å². The van der Waals surface area contributed by atoms with Gasteiger partial charge < -0.3 is 0 Å². The molecule has 0 amide bonds. The van der Waals surface area contributed by atoms with Gasteiger partial charge in [0.1, 0.15) is 0 Å². The van der Waals surface area contributed by atoms with Gasteiger partial charge in [0.05, 0.1) is 0 Å². The van der Waals surface area contributed by atoms with Crippen LogP contribution in [0.5, 0.6) is 0 Å². The van der Waals surface area contributed by atoms with Crippen molar-refractivity contribution in [3.05, 3.63) is 47.5 Å². The monoisotopic (exact) mass is 324 g/mol. The Hall–Kier alpha value is -2.36. The molecule has 2 bridgehead atoms. The van der Waals surface area contributed by atoms with Gasteiger partial charge in [0.15, 0.2) is 11.6 Å². The van der Waals surface area contributed by atoms with Gasteiger partial charge in [0.2, 0.25) is 11.6 Å². The van der Waals surface area contributed by atoms with E-state index in [0.717, 1.165) is 12.8 Å². The molecule has 0 saturated heterocycles. The summed E-state index contributed by atoms with van der Waals surface area (Å²) >= 11 is 0. The van der Waals surface area contributed by atoms with Gasteiger partial charge >= 0.3 is 0 Å². The third-order valence-electron chi connectivity index (χ3n) is 6.11. The summed E-state index contributed by atoms with van der Waals surface area (Å²) < 4.78 is 0. The third kappa shape index (κ3) is 2.13. The highest BCUT2D eigenvalue weighted by atomic mass is 16.2. The first kappa shape index (κ1) is 16.5. The Bertz CT molecular complexity index is 763. The maximum Gasteiger partial charge on any atom is 0.205 e. The van der Waals surface area contributed by atoms with Gasteiger partial charge in [-0.15, -0.1) is 0 Å². The second-order valence-electron chi connectivity index (χ2n) is 7.45. The van der Waals surface area contributed by atoms with Crippen molar-refractivity contribution in [1.29, 1.82) is 0 Å². The van der Waals surface area contributed by atoms with Crippen molar-refractivity contribution in [2.24, 2.45) is 16.7 Å². The maximum absolute atomic E-state index is 11.6. The fraction of sp³-hybridized carbons (Fsp3) is 0.400. The van der Waals surface area contributed by atoms with Crippen molar-refractivity contribution < 1.29 is 19.2 Å². The van der Waals surface area contributed by atoms with E-state index in [2.05, 4.69) is 0 Å². The molecule has 2 atom stereocenters. The van der Waals surface area contributed by atoms with Crippen LogP contribution in [0.3, 0.4) is 0 Å². The van der Waals surface area contributed by atoms with Crippen molar-refractivity contribution in [2.75, 3.05) is 0 Å². The average Bonchev–Trinajstić information content (AvgIpc) is 2.87. The van der Waals surface area contributed by atoms with Crippen molar-refractivity contribution in [1.82, 2.24) is 0 Å².